The minimum atomic E-state index is -4.77. The van der Waals surface area contributed by atoms with E-state index in [0.29, 0.717) is 29.1 Å². The maximum atomic E-state index is 13.9. The Hall–Kier alpha value is -4.43. The van der Waals surface area contributed by atoms with E-state index in [4.69, 9.17) is 14.2 Å². The van der Waals surface area contributed by atoms with Crippen LogP contribution in [0, 0.1) is 0 Å². The predicted octanol–water partition coefficient (Wildman–Crippen LogP) is 5.03. The van der Waals surface area contributed by atoms with Crippen molar-refractivity contribution in [3.05, 3.63) is 64.8 Å². The molecule has 2 aromatic carbocycles. The van der Waals surface area contributed by atoms with Crippen molar-refractivity contribution < 1.29 is 37.0 Å². The number of rotatable bonds is 8. The number of benzene rings is 2. The van der Waals surface area contributed by atoms with Crippen molar-refractivity contribution in [2.24, 2.45) is 0 Å². The summed E-state index contributed by atoms with van der Waals surface area (Å²) in [6, 6.07) is 10.1. The van der Waals surface area contributed by atoms with Crippen LogP contribution >= 0.6 is 0 Å². The molecule has 45 heavy (non-hydrogen) atoms. The van der Waals surface area contributed by atoms with Gasteiger partial charge in [0.1, 0.15) is 23.7 Å². The van der Waals surface area contributed by atoms with E-state index < -0.39 is 23.5 Å². The van der Waals surface area contributed by atoms with Gasteiger partial charge in [-0.1, -0.05) is 12.1 Å². The Bertz CT molecular complexity index is 1570. The molecule has 3 aromatic rings. The van der Waals surface area contributed by atoms with Gasteiger partial charge in [-0.15, -0.1) is 0 Å². The van der Waals surface area contributed by atoms with Gasteiger partial charge in [-0.2, -0.15) is 18.2 Å². The SMILES string of the molecule is COc1cc(C(=O)N[C@H]2CC[C@H](N3CCOCC3)CC2)ccc1Nc1ncc(C(F)(F)F)c(Nc2cccc3c2C(=O)OC3)n1. The van der Waals surface area contributed by atoms with E-state index in [2.05, 4.69) is 30.8 Å². The molecule has 0 unspecified atom stereocenters. The predicted molar refractivity (Wildman–Crippen MR) is 158 cm³/mol. The fraction of sp³-hybridized carbons (Fsp3) is 0.419. The Morgan fingerprint density at radius 1 is 1.04 bits per heavy atom. The summed E-state index contributed by atoms with van der Waals surface area (Å²) in [5, 5.41) is 8.65. The molecule has 238 valence electrons. The number of nitrogens with one attached hydrogen (secondary N) is 3. The van der Waals surface area contributed by atoms with Gasteiger partial charge in [-0.3, -0.25) is 9.69 Å². The molecule has 14 heteroatoms. The quantitative estimate of drug-likeness (QED) is 0.293. The largest absolute Gasteiger partial charge is 0.495 e. The summed E-state index contributed by atoms with van der Waals surface area (Å²) in [5.74, 6) is -1.30. The van der Waals surface area contributed by atoms with E-state index >= 15 is 0 Å². The molecule has 3 N–H and O–H groups in total. The minimum absolute atomic E-state index is 0.0380. The van der Waals surface area contributed by atoms with Crippen LogP contribution in [0.5, 0.6) is 5.75 Å². The number of morpholine rings is 1. The molecular formula is C31H33F3N6O5. The Balaban J connectivity index is 1.15. The number of halogens is 3. The lowest BCUT2D eigenvalue weighted by molar-refractivity contribution is -0.137. The highest BCUT2D eigenvalue weighted by molar-refractivity contribution is 6.00. The molecule has 11 nitrogen and oxygen atoms in total. The lowest BCUT2D eigenvalue weighted by Gasteiger charge is -2.38. The van der Waals surface area contributed by atoms with Crippen molar-refractivity contribution in [2.75, 3.05) is 44.0 Å². The van der Waals surface area contributed by atoms with Gasteiger partial charge >= 0.3 is 12.1 Å². The van der Waals surface area contributed by atoms with Gasteiger partial charge in [0.2, 0.25) is 5.95 Å². The lowest BCUT2D eigenvalue weighted by Crippen LogP contribution is -2.47. The van der Waals surface area contributed by atoms with E-state index in [1.54, 1.807) is 30.3 Å². The number of aromatic nitrogens is 2. The smallest absolute Gasteiger partial charge is 0.421 e. The molecule has 1 amide bonds. The second kappa shape index (κ2) is 12.9. The topological polar surface area (TPSA) is 127 Å². The Labute approximate surface area is 257 Å². The lowest BCUT2D eigenvalue weighted by atomic mass is 9.89. The van der Waals surface area contributed by atoms with E-state index in [1.807, 2.05) is 0 Å². The third kappa shape index (κ3) is 6.81. The second-order valence-corrected chi connectivity index (χ2v) is 11.2. The van der Waals surface area contributed by atoms with Crippen LogP contribution in [-0.2, 0) is 22.3 Å². The number of esters is 1. The van der Waals surface area contributed by atoms with E-state index in [-0.39, 0.29) is 41.5 Å². The molecule has 0 spiro atoms. The highest BCUT2D eigenvalue weighted by atomic mass is 19.4. The highest BCUT2D eigenvalue weighted by Crippen LogP contribution is 2.38. The maximum Gasteiger partial charge on any atom is 0.421 e. The number of amides is 1. The number of anilines is 4. The third-order valence-corrected chi connectivity index (χ3v) is 8.37. The molecule has 1 aliphatic carbocycles. The number of carbonyl (C=O) groups is 2. The number of fused-ring (bicyclic) bond motifs is 1. The van der Waals surface area contributed by atoms with Crippen LogP contribution < -0.4 is 20.7 Å². The fourth-order valence-electron chi connectivity index (χ4n) is 6.01. The van der Waals surface area contributed by atoms with Gasteiger partial charge in [0.25, 0.3) is 5.91 Å². The summed E-state index contributed by atoms with van der Waals surface area (Å²) < 4.78 is 57.6. The number of alkyl halides is 3. The van der Waals surface area contributed by atoms with Crippen LogP contribution in [-0.4, -0.2) is 72.2 Å². The Morgan fingerprint density at radius 2 is 1.82 bits per heavy atom. The fourth-order valence-corrected chi connectivity index (χ4v) is 6.01. The standard InChI is InChI=1S/C31H33F3N6O5/c1-43-25-15-18(28(41)36-20-6-8-21(9-7-20)40-11-13-44-14-12-40)5-10-23(25)38-30-35-16-22(31(32,33)34)27(39-30)37-24-4-2-3-19-17-45-29(42)26(19)24/h2-5,10,15-16,20-21H,6-9,11-14,17H2,1H3,(H,36,41)(H2,35,37,38,39)/t20-,21-. The molecule has 1 saturated heterocycles. The number of nitrogens with zero attached hydrogens (tertiary/aromatic N) is 3. The van der Waals surface area contributed by atoms with Crippen molar-refractivity contribution in [3.63, 3.8) is 0 Å². The second-order valence-electron chi connectivity index (χ2n) is 11.2. The molecule has 2 fully saturated rings. The average Bonchev–Trinajstić information content (AvgIpc) is 3.43. The van der Waals surface area contributed by atoms with Crippen LogP contribution in [0.1, 0.15) is 57.5 Å². The number of hydrogen-bond acceptors (Lipinski definition) is 10. The van der Waals surface area contributed by atoms with Gasteiger partial charge in [0.05, 0.1) is 37.3 Å². The first-order valence-electron chi connectivity index (χ1n) is 14.8. The number of cyclic esters (lactones) is 1. The Morgan fingerprint density at radius 3 is 2.56 bits per heavy atom. The monoisotopic (exact) mass is 626 g/mol. The Kier molecular flexibility index (Phi) is 8.76. The van der Waals surface area contributed by atoms with Gasteiger partial charge < -0.3 is 30.2 Å². The molecule has 0 atom stereocenters. The summed E-state index contributed by atoms with van der Waals surface area (Å²) >= 11 is 0. The average molecular weight is 627 g/mol. The number of carbonyl (C=O) groups excluding carboxylic acids is 2. The normalized spacial score (nSPS) is 20.2. The molecule has 0 bridgehead atoms. The molecule has 6 rings (SSSR count). The van der Waals surface area contributed by atoms with Crippen molar-refractivity contribution in [3.8, 4) is 5.75 Å². The van der Waals surface area contributed by atoms with Crippen LogP contribution in [0.4, 0.5) is 36.3 Å². The first kappa shape index (κ1) is 30.6. The number of ether oxygens (including phenoxy) is 3. The van der Waals surface area contributed by atoms with Crippen LogP contribution in [0.25, 0.3) is 0 Å². The zero-order chi connectivity index (χ0) is 31.6. The highest BCUT2D eigenvalue weighted by Gasteiger charge is 2.36. The summed E-state index contributed by atoms with van der Waals surface area (Å²) in [6.45, 7) is 3.46. The van der Waals surface area contributed by atoms with Gasteiger partial charge in [-0.05, 0) is 49.9 Å². The zero-order valence-electron chi connectivity index (χ0n) is 24.6. The first-order chi connectivity index (χ1) is 21.7. The van der Waals surface area contributed by atoms with Crippen molar-refractivity contribution in [2.45, 2.75) is 50.6 Å². The first-order valence-corrected chi connectivity index (χ1v) is 14.8. The third-order valence-electron chi connectivity index (χ3n) is 8.37. The minimum Gasteiger partial charge on any atom is -0.495 e. The summed E-state index contributed by atoms with van der Waals surface area (Å²) in [7, 11) is 1.42. The van der Waals surface area contributed by atoms with E-state index in [9.17, 15) is 22.8 Å². The van der Waals surface area contributed by atoms with E-state index in [0.717, 1.165) is 52.0 Å². The van der Waals surface area contributed by atoms with Crippen molar-refractivity contribution in [1.29, 1.82) is 0 Å². The van der Waals surface area contributed by atoms with Crippen molar-refractivity contribution in [1.82, 2.24) is 20.2 Å². The van der Waals surface area contributed by atoms with E-state index in [1.165, 1.54) is 13.2 Å². The zero-order valence-corrected chi connectivity index (χ0v) is 24.6. The van der Waals surface area contributed by atoms with Crippen molar-refractivity contribution >= 4 is 35.0 Å². The van der Waals surface area contributed by atoms with Crippen LogP contribution in [0.15, 0.2) is 42.6 Å². The molecule has 2 aliphatic heterocycles. The molecule has 3 heterocycles. The molecular weight excluding hydrogens is 593 g/mol. The summed E-state index contributed by atoms with van der Waals surface area (Å²) in [5.41, 5.74) is 0.450. The molecule has 3 aliphatic rings. The van der Waals surface area contributed by atoms with Gasteiger partial charge in [0, 0.05) is 42.5 Å². The van der Waals surface area contributed by atoms with Gasteiger partial charge in [0.15, 0.2) is 0 Å². The molecule has 1 aromatic heterocycles. The summed E-state index contributed by atoms with van der Waals surface area (Å²) in [4.78, 5) is 35.7. The summed E-state index contributed by atoms with van der Waals surface area (Å²) in [6.07, 6.45) is -0.316. The van der Waals surface area contributed by atoms with Gasteiger partial charge in [-0.25, -0.2) is 9.78 Å². The molecule has 0 radical (unpaired) electrons. The number of hydrogen-bond donors (Lipinski definition) is 3. The van der Waals surface area contributed by atoms with Crippen LogP contribution in [0.3, 0.4) is 0 Å². The molecule has 1 saturated carbocycles. The van der Waals surface area contributed by atoms with Crippen LogP contribution in [0.2, 0.25) is 0 Å². The number of methoxy groups -OCH3 is 1. The maximum absolute atomic E-state index is 13.9.